The SMILES string of the molecule is O=CCCOc1ccc(C(O)C(O)O)cc1. The summed E-state index contributed by atoms with van der Waals surface area (Å²) in [7, 11) is 0. The van der Waals surface area contributed by atoms with E-state index in [4.69, 9.17) is 14.9 Å². The van der Waals surface area contributed by atoms with Crippen LogP contribution >= 0.6 is 0 Å². The largest absolute Gasteiger partial charge is 0.493 e. The molecule has 1 atom stereocenters. The third-order valence-corrected chi connectivity index (χ3v) is 2.01. The lowest BCUT2D eigenvalue weighted by molar-refractivity contribution is -0.123. The highest BCUT2D eigenvalue weighted by molar-refractivity contribution is 5.49. The molecule has 0 heterocycles. The lowest BCUT2D eigenvalue weighted by Crippen LogP contribution is -2.16. The monoisotopic (exact) mass is 226 g/mol. The number of ether oxygens (including phenoxy) is 1. The molecule has 1 aromatic carbocycles. The maximum absolute atomic E-state index is 10.0. The van der Waals surface area contributed by atoms with E-state index in [9.17, 15) is 9.90 Å². The molecule has 0 saturated heterocycles. The Bertz CT molecular complexity index is 320. The second-order valence-corrected chi connectivity index (χ2v) is 3.23. The van der Waals surface area contributed by atoms with Crippen LogP contribution in [0.2, 0.25) is 0 Å². The van der Waals surface area contributed by atoms with Crippen molar-refractivity contribution in [3.05, 3.63) is 29.8 Å². The van der Waals surface area contributed by atoms with Gasteiger partial charge in [0.1, 0.15) is 18.1 Å². The van der Waals surface area contributed by atoms with Crippen LogP contribution < -0.4 is 4.74 Å². The van der Waals surface area contributed by atoms with Gasteiger partial charge in [-0.05, 0) is 17.7 Å². The highest BCUT2D eigenvalue weighted by atomic mass is 16.5. The average Bonchev–Trinajstić information content (AvgIpc) is 2.29. The lowest BCUT2D eigenvalue weighted by atomic mass is 10.1. The van der Waals surface area contributed by atoms with Crippen molar-refractivity contribution < 1.29 is 24.9 Å². The molecule has 0 amide bonds. The van der Waals surface area contributed by atoms with Gasteiger partial charge >= 0.3 is 0 Å². The minimum absolute atomic E-state index is 0.300. The summed E-state index contributed by atoms with van der Waals surface area (Å²) in [6, 6.07) is 6.23. The predicted octanol–water partition coefficient (Wildman–Crippen LogP) is -0.00150. The first-order chi connectivity index (χ1) is 7.65. The van der Waals surface area contributed by atoms with E-state index in [1.54, 1.807) is 12.1 Å². The number of aliphatic hydroxyl groups excluding tert-OH is 2. The summed E-state index contributed by atoms with van der Waals surface area (Å²) in [6.45, 7) is 0.300. The Hall–Kier alpha value is -1.43. The van der Waals surface area contributed by atoms with Gasteiger partial charge in [-0.2, -0.15) is 0 Å². The first-order valence-electron chi connectivity index (χ1n) is 4.85. The molecule has 5 heteroatoms. The topological polar surface area (TPSA) is 87.0 Å². The Labute approximate surface area is 92.9 Å². The molecule has 5 nitrogen and oxygen atoms in total. The van der Waals surface area contributed by atoms with E-state index >= 15 is 0 Å². The van der Waals surface area contributed by atoms with Gasteiger partial charge in [0, 0.05) is 6.42 Å². The molecular weight excluding hydrogens is 212 g/mol. The second-order valence-electron chi connectivity index (χ2n) is 3.23. The zero-order chi connectivity index (χ0) is 12.0. The maximum Gasteiger partial charge on any atom is 0.182 e. The van der Waals surface area contributed by atoms with Crippen molar-refractivity contribution in [2.24, 2.45) is 0 Å². The van der Waals surface area contributed by atoms with Crippen LogP contribution in [0.25, 0.3) is 0 Å². The summed E-state index contributed by atoms with van der Waals surface area (Å²) in [5, 5.41) is 26.8. The van der Waals surface area contributed by atoms with Crippen LogP contribution in [0.1, 0.15) is 18.1 Å². The number of carbonyl (C=O) groups is 1. The number of rotatable bonds is 6. The standard InChI is InChI=1S/C11H14O5/c12-6-1-7-16-9-4-2-8(3-5-9)10(13)11(14)15/h2-6,10-11,13-15H,1,7H2. The summed E-state index contributed by atoms with van der Waals surface area (Å²) in [6.07, 6.45) is -2.05. The van der Waals surface area contributed by atoms with Crippen LogP contribution in [0.15, 0.2) is 24.3 Å². The fourth-order valence-corrected chi connectivity index (χ4v) is 1.16. The van der Waals surface area contributed by atoms with E-state index < -0.39 is 12.4 Å². The van der Waals surface area contributed by atoms with Crippen molar-refractivity contribution in [3.8, 4) is 5.75 Å². The van der Waals surface area contributed by atoms with Gasteiger partial charge in [-0.25, -0.2) is 0 Å². The Morgan fingerprint density at radius 3 is 2.31 bits per heavy atom. The maximum atomic E-state index is 10.0. The van der Waals surface area contributed by atoms with Crippen molar-refractivity contribution in [1.29, 1.82) is 0 Å². The van der Waals surface area contributed by atoms with Gasteiger partial charge in [0.2, 0.25) is 0 Å². The van der Waals surface area contributed by atoms with Crippen molar-refractivity contribution in [2.75, 3.05) is 6.61 Å². The number of aliphatic hydroxyl groups is 3. The average molecular weight is 226 g/mol. The Morgan fingerprint density at radius 2 is 1.81 bits per heavy atom. The summed E-state index contributed by atoms with van der Waals surface area (Å²) in [5.74, 6) is 0.560. The minimum Gasteiger partial charge on any atom is -0.493 e. The van der Waals surface area contributed by atoms with Crippen LogP contribution in [0.4, 0.5) is 0 Å². The highest BCUT2D eigenvalue weighted by Gasteiger charge is 2.14. The summed E-state index contributed by atoms with van der Waals surface area (Å²) in [5.41, 5.74) is 0.387. The summed E-state index contributed by atoms with van der Waals surface area (Å²) in [4.78, 5) is 10.0. The molecule has 0 fully saturated rings. The highest BCUT2D eigenvalue weighted by Crippen LogP contribution is 2.19. The smallest absolute Gasteiger partial charge is 0.182 e. The molecule has 0 aliphatic rings. The Balaban J connectivity index is 2.57. The zero-order valence-corrected chi connectivity index (χ0v) is 8.61. The minimum atomic E-state index is -1.80. The third kappa shape index (κ3) is 3.62. The number of carbonyl (C=O) groups excluding carboxylic acids is 1. The lowest BCUT2D eigenvalue weighted by Gasteiger charge is -2.13. The molecule has 0 aromatic heterocycles. The third-order valence-electron chi connectivity index (χ3n) is 2.01. The Kier molecular flexibility index (Phi) is 4.91. The van der Waals surface area contributed by atoms with Crippen molar-refractivity contribution in [1.82, 2.24) is 0 Å². The van der Waals surface area contributed by atoms with Gasteiger partial charge in [-0.15, -0.1) is 0 Å². The number of aldehydes is 1. The summed E-state index contributed by atoms with van der Waals surface area (Å²) < 4.78 is 5.20. The molecule has 88 valence electrons. The molecule has 0 aliphatic heterocycles. The molecule has 3 N–H and O–H groups in total. The van der Waals surface area contributed by atoms with E-state index in [-0.39, 0.29) is 0 Å². The van der Waals surface area contributed by atoms with Gasteiger partial charge < -0.3 is 24.9 Å². The first kappa shape index (κ1) is 12.6. The number of hydrogen-bond acceptors (Lipinski definition) is 5. The van der Waals surface area contributed by atoms with E-state index in [1.165, 1.54) is 12.1 Å². The normalized spacial score (nSPS) is 12.5. The van der Waals surface area contributed by atoms with E-state index in [1.807, 2.05) is 0 Å². The molecule has 0 spiro atoms. The molecule has 1 aromatic rings. The van der Waals surface area contributed by atoms with E-state index in [0.717, 1.165) is 6.29 Å². The van der Waals surface area contributed by atoms with Crippen LogP contribution in [-0.4, -0.2) is 34.5 Å². The quantitative estimate of drug-likeness (QED) is 0.361. The van der Waals surface area contributed by atoms with Crippen LogP contribution in [0, 0.1) is 0 Å². The fourth-order valence-electron chi connectivity index (χ4n) is 1.16. The zero-order valence-electron chi connectivity index (χ0n) is 8.61. The molecule has 0 aliphatic carbocycles. The Morgan fingerprint density at radius 1 is 1.19 bits per heavy atom. The molecule has 0 bridgehead atoms. The molecule has 1 rings (SSSR count). The van der Waals surface area contributed by atoms with Crippen molar-refractivity contribution >= 4 is 6.29 Å². The molecular formula is C11H14O5. The van der Waals surface area contributed by atoms with Gasteiger partial charge in [0.15, 0.2) is 6.29 Å². The van der Waals surface area contributed by atoms with Gasteiger partial charge in [0.25, 0.3) is 0 Å². The van der Waals surface area contributed by atoms with E-state index in [2.05, 4.69) is 0 Å². The fraction of sp³-hybridized carbons (Fsp3) is 0.364. The van der Waals surface area contributed by atoms with Crippen LogP contribution in [0.5, 0.6) is 5.75 Å². The molecule has 1 unspecified atom stereocenters. The van der Waals surface area contributed by atoms with Crippen molar-refractivity contribution in [2.45, 2.75) is 18.8 Å². The second kappa shape index (κ2) is 6.22. The molecule has 16 heavy (non-hydrogen) atoms. The number of hydrogen-bond donors (Lipinski definition) is 3. The van der Waals surface area contributed by atoms with Gasteiger partial charge in [0.05, 0.1) is 6.61 Å². The molecule has 0 saturated carbocycles. The van der Waals surface area contributed by atoms with Gasteiger partial charge in [-0.3, -0.25) is 0 Å². The van der Waals surface area contributed by atoms with Gasteiger partial charge in [-0.1, -0.05) is 12.1 Å². The van der Waals surface area contributed by atoms with Crippen LogP contribution in [-0.2, 0) is 4.79 Å². The predicted molar refractivity (Wildman–Crippen MR) is 55.8 cm³/mol. The number of benzene rings is 1. The van der Waals surface area contributed by atoms with E-state index in [0.29, 0.717) is 24.3 Å². The molecule has 0 radical (unpaired) electrons. The van der Waals surface area contributed by atoms with Crippen molar-refractivity contribution in [3.63, 3.8) is 0 Å². The first-order valence-corrected chi connectivity index (χ1v) is 4.85. The summed E-state index contributed by atoms with van der Waals surface area (Å²) >= 11 is 0. The van der Waals surface area contributed by atoms with Crippen LogP contribution in [0.3, 0.4) is 0 Å².